The van der Waals surface area contributed by atoms with E-state index in [-0.39, 0.29) is 13.2 Å². The summed E-state index contributed by atoms with van der Waals surface area (Å²) in [5.41, 5.74) is 12.3. The van der Waals surface area contributed by atoms with E-state index in [0.29, 0.717) is 0 Å². The minimum atomic E-state index is 0.205. The Kier molecular flexibility index (Phi) is 9.68. The number of aromatic nitrogens is 1. The number of aliphatic hydroxyl groups excluding tert-OH is 2. The summed E-state index contributed by atoms with van der Waals surface area (Å²) in [5.74, 6) is 0. The normalized spacial score (nSPS) is 12.3. The molecule has 3 rings (SSSR count). The maximum Gasteiger partial charge on any atom is 0.0849 e. The van der Waals surface area contributed by atoms with Crippen LogP contribution in [0.2, 0.25) is 0 Å². The predicted octanol–water partition coefficient (Wildman–Crippen LogP) is 6.45. The van der Waals surface area contributed by atoms with E-state index in [0.717, 1.165) is 82.1 Å². The molecule has 0 aliphatic carbocycles. The third-order valence-corrected chi connectivity index (χ3v) is 6.40. The van der Waals surface area contributed by atoms with Gasteiger partial charge in [0.05, 0.1) is 34.2 Å². The zero-order valence-electron chi connectivity index (χ0n) is 22.5. The number of benzene rings is 2. The Hall–Kier alpha value is -3.15. The first-order valence-electron chi connectivity index (χ1n) is 12.7. The predicted molar refractivity (Wildman–Crippen MR) is 151 cm³/mol. The van der Waals surface area contributed by atoms with Crippen molar-refractivity contribution in [1.82, 2.24) is 4.98 Å². The average Bonchev–Trinajstić information content (AvgIpc) is 2.85. The number of rotatable bonds is 10. The minimum absolute atomic E-state index is 0.205. The van der Waals surface area contributed by atoms with E-state index in [2.05, 4.69) is 52.0 Å². The summed E-state index contributed by atoms with van der Waals surface area (Å²) in [7, 11) is 0. The van der Waals surface area contributed by atoms with Gasteiger partial charge in [0.25, 0.3) is 0 Å². The van der Waals surface area contributed by atoms with Gasteiger partial charge >= 0.3 is 0 Å². The van der Waals surface area contributed by atoms with Crippen LogP contribution < -0.4 is 0 Å². The Morgan fingerprint density at radius 2 is 1.03 bits per heavy atom. The van der Waals surface area contributed by atoms with E-state index < -0.39 is 0 Å². The number of hydrogen-bond donors (Lipinski definition) is 2. The van der Waals surface area contributed by atoms with Gasteiger partial charge in [-0.15, -0.1) is 0 Å². The molecule has 1 aromatic heterocycles. The van der Waals surface area contributed by atoms with Crippen LogP contribution in [0.3, 0.4) is 0 Å². The van der Waals surface area contributed by atoms with Gasteiger partial charge in [-0.3, -0.25) is 9.98 Å². The third-order valence-electron chi connectivity index (χ3n) is 6.40. The first-order valence-corrected chi connectivity index (χ1v) is 12.7. The van der Waals surface area contributed by atoms with Gasteiger partial charge in [-0.25, -0.2) is 4.98 Å². The van der Waals surface area contributed by atoms with Gasteiger partial charge < -0.3 is 10.2 Å². The fourth-order valence-corrected chi connectivity index (χ4v) is 4.59. The molecule has 0 unspecified atom stereocenters. The molecule has 5 heteroatoms. The standard InChI is InChI=1S/C31H39N3O2/c1-20-16-26(10-8-14-35)17-21(2)30(20)32-24(5)28-12-7-13-29(34-28)25(6)33-31-22(3)18-27(11-9-15-36)19-23(31)4/h7,12-13,16-19,35-36H,8-11,14-15H2,1-6H3. The molecular weight excluding hydrogens is 446 g/mol. The fraction of sp³-hybridized carbons (Fsp3) is 0.387. The van der Waals surface area contributed by atoms with Crippen LogP contribution in [0.4, 0.5) is 11.4 Å². The van der Waals surface area contributed by atoms with Gasteiger partial charge in [-0.05, 0) is 113 Å². The van der Waals surface area contributed by atoms with Gasteiger partial charge in [-0.1, -0.05) is 30.3 Å². The zero-order chi connectivity index (χ0) is 26.2. The van der Waals surface area contributed by atoms with Crippen LogP contribution in [-0.4, -0.2) is 39.8 Å². The van der Waals surface area contributed by atoms with E-state index in [1.807, 2.05) is 32.0 Å². The highest BCUT2D eigenvalue weighted by molar-refractivity contribution is 6.02. The molecule has 0 saturated carbocycles. The second-order valence-electron chi connectivity index (χ2n) is 9.61. The summed E-state index contributed by atoms with van der Waals surface area (Å²) >= 11 is 0. The van der Waals surface area contributed by atoms with Crippen LogP contribution in [0.1, 0.15) is 71.5 Å². The first-order chi connectivity index (χ1) is 17.2. The lowest BCUT2D eigenvalue weighted by Gasteiger charge is -2.12. The van der Waals surface area contributed by atoms with Crippen molar-refractivity contribution in [2.24, 2.45) is 9.98 Å². The Labute approximate surface area is 215 Å². The molecule has 0 aliphatic heterocycles. The average molecular weight is 486 g/mol. The van der Waals surface area contributed by atoms with E-state index in [1.54, 1.807) is 0 Å². The number of hydrogen-bond acceptors (Lipinski definition) is 5. The highest BCUT2D eigenvalue weighted by atomic mass is 16.3. The molecule has 36 heavy (non-hydrogen) atoms. The minimum Gasteiger partial charge on any atom is -0.396 e. The molecule has 0 atom stereocenters. The lowest BCUT2D eigenvalue weighted by Crippen LogP contribution is -2.05. The van der Waals surface area contributed by atoms with Crippen LogP contribution in [0.25, 0.3) is 0 Å². The molecule has 1 heterocycles. The van der Waals surface area contributed by atoms with Crippen LogP contribution in [-0.2, 0) is 12.8 Å². The van der Waals surface area contributed by atoms with Crippen molar-refractivity contribution in [2.75, 3.05) is 13.2 Å². The van der Waals surface area contributed by atoms with Gasteiger partial charge in [-0.2, -0.15) is 0 Å². The molecule has 0 fully saturated rings. The Morgan fingerprint density at radius 3 is 1.36 bits per heavy atom. The first kappa shape index (κ1) is 27.4. The Morgan fingerprint density at radius 1 is 0.667 bits per heavy atom. The van der Waals surface area contributed by atoms with Gasteiger partial charge in [0, 0.05) is 13.2 Å². The third kappa shape index (κ3) is 6.96. The second-order valence-corrected chi connectivity index (χ2v) is 9.61. The van der Waals surface area contributed by atoms with E-state index in [4.69, 9.17) is 25.2 Å². The summed E-state index contributed by atoms with van der Waals surface area (Å²) in [4.78, 5) is 14.8. The summed E-state index contributed by atoms with van der Waals surface area (Å²) in [6.45, 7) is 12.7. The zero-order valence-corrected chi connectivity index (χ0v) is 22.5. The SMILES string of the molecule is CC(=Nc1c(C)cc(CCCO)cc1C)c1cccc(C(C)=Nc2c(C)cc(CCCO)cc2C)n1. The van der Waals surface area contributed by atoms with Gasteiger partial charge in [0.2, 0.25) is 0 Å². The van der Waals surface area contributed by atoms with Crippen LogP contribution in [0, 0.1) is 27.7 Å². The van der Waals surface area contributed by atoms with Crippen molar-refractivity contribution in [3.63, 3.8) is 0 Å². The van der Waals surface area contributed by atoms with Crippen molar-refractivity contribution in [3.8, 4) is 0 Å². The molecule has 2 aromatic carbocycles. The molecule has 0 amide bonds. The van der Waals surface area contributed by atoms with Crippen molar-refractivity contribution >= 4 is 22.8 Å². The number of nitrogens with zero attached hydrogens (tertiary/aromatic N) is 3. The maximum absolute atomic E-state index is 9.13. The van der Waals surface area contributed by atoms with Gasteiger partial charge in [0.1, 0.15) is 0 Å². The van der Waals surface area contributed by atoms with Crippen LogP contribution in [0.15, 0.2) is 52.4 Å². The summed E-state index contributed by atoms with van der Waals surface area (Å²) in [6.07, 6.45) is 3.28. The Balaban J connectivity index is 1.89. The summed E-state index contributed by atoms with van der Waals surface area (Å²) in [6, 6.07) is 14.6. The molecule has 3 aromatic rings. The van der Waals surface area contributed by atoms with Gasteiger partial charge in [0.15, 0.2) is 0 Å². The topological polar surface area (TPSA) is 78.1 Å². The lowest BCUT2D eigenvalue weighted by atomic mass is 10.0. The smallest absolute Gasteiger partial charge is 0.0849 e. The molecule has 0 radical (unpaired) electrons. The van der Waals surface area contributed by atoms with Crippen LogP contribution >= 0.6 is 0 Å². The summed E-state index contributed by atoms with van der Waals surface area (Å²) in [5, 5.41) is 18.3. The highest BCUT2D eigenvalue weighted by Crippen LogP contribution is 2.28. The largest absolute Gasteiger partial charge is 0.396 e. The second kappa shape index (κ2) is 12.7. The quantitative estimate of drug-likeness (QED) is 0.324. The Bertz CT molecular complexity index is 1130. The van der Waals surface area contributed by atoms with Crippen molar-refractivity contribution in [3.05, 3.63) is 87.2 Å². The molecular formula is C31H39N3O2. The number of aryl methyl sites for hydroxylation is 6. The fourth-order valence-electron chi connectivity index (χ4n) is 4.59. The highest BCUT2D eigenvalue weighted by Gasteiger charge is 2.10. The van der Waals surface area contributed by atoms with E-state index in [9.17, 15) is 0 Å². The monoisotopic (exact) mass is 485 g/mol. The lowest BCUT2D eigenvalue weighted by molar-refractivity contribution is 0.288. The molecule has 0 bridgehead atoms. The number of aliphatic imine (C=N–C) groups is 2. The summed E-state index contributed by atoms with van der Waals surface area (Å²) < 4.78 is 0. The molecule has 0 saturated heterocycles. The molecule has 0 aliphatic rings. The molecule has 2 N–H and O–H groups in total. The van der Waals surface area contributed by atoms with Crippen LogP contribution in [0.5, 0.6) is 0 Å². The van der Waals surface area contributed by atoms with Crippen molar-refractivity contribution in [1.29, 1.82) is 0 Å². The number of aliphatic hydroxyl groups is 2. The molecule has 5 nitrogen and oxygen atoms in total. The molecule has 190 valence electrons. The molecule has 0 spiro atoms. The van der Waals surface area contributed by atoms with E-state index in [1.165, 1.54) is 11.1 Å². The van der Waals surface area contributed by atoms with Crippen molar-refractivity contribution in [2.45, 2.75) is 67.2 Å². The maximum atomic E-state index is 9.13. The number of pyridine rings is 1. The van der Waals surface area contributed by atoms with E-state index >= 15 is 0 Å². The van der Waals surface area contributed by atoms with Crippen molar-refractivity contribution < 1.29 is 10.2 Å².